The van der Waals surface area contributed by atoms with E-state index in [0.717, 1.165) is 5.56 Å². The molecule has 0 aliphatic carbocycles. The first-order chi connectivity index (χ1) is 13.7. The highest BCUT2D eigenvalue weighted by molar-refractivity contribution is 6.10. The third-order valence-electron chi connectivity index (χ3n) is 3.99. The monoisotopic (exact) mass is 372 g/mol. The Kier molecular flexibility index (Phi) is 6.21. The molecule has 5 heteroatoms. The molecular weight excluding hydrogens is 352 g/mol. The molecule has 28 heavy (non-hydrogen) atoms. The van der Waals surface area contributed by atoms with Crippen molar-refractivity contribution in [1.29, 1.82) is 0 Å². The number of methoxy groups -OCH3 is 1. The molecule has 140 valence electrons. The fourth-order valence-corrected chi connectivity index (χ4v) is 2.53. The maximum Gasteiger partial charge on any atom is 0.272 e. The van der Waals surface area contributed by atoms with E-state index in [-0.39, 0.29) is 11.6 Å². The minimum atomic E-state index is -0.418. The van der Waals surface area contributed by atoms with E-state index in [9.17, 15) is 9.59 Å². The highest BCUT2D eigenvalue weighted by Crippen LogP contribution is 2.16. The Bertz CT molecular complexity index is 966. The molecule has 0 aliphatic heterocycles. The SMILES string of the molecule is COc1ccc(NC(=O)/C(=C\c2ccccc2)NC(=O)c2ccccc2)cc1. The van der Waals surface area contributed by atoms with Crippen LogP contribution < -0.4 is 15.4 Å². The number of carbonyl (C=O) groups is 2. The van der Waals surface area contributed by atoms with Crippen LogP contribution in [0.1, 0.15) is 15.9 Å². The second-order valence-corrected chi connectivity index (χ2v) is 5.97. The Morgan fingerprint density at radius 2 is 1.43 bits per heavy atom. The summed E-state index contributed by atoms with van der Waals surface area (Å²) in [7, 11) is 1.58. The maximum absolute atomic E-state index is 12.8. The zero-order valence-electron chi connectivity index (χ0n) is 15.4. The zero-order chi connectivity index (χ0) is 19.8. The summed E-state index contributed by atoms with van der Waals surface area (Å²) < 4.78 is 5.12. The van der Waals surface area contributed by atoms with Gasteiger partial charge < -0.3 is 15.4 Å². The van der Waals surface area contributed by atoms with Crippen molar-refractivity contribution >= 4 is 23.6 Å². The number of anilines is 1. The molecule has 0 radical (unpaired) electrons. The minimum Gasteiger partial charge on any atom is -0.497 e. The lowest BCUT2D eigenvalue weighted by atomic mass is 10.1. The standard InChI is InChI=1S/C23H20N2O3/c1-28-20-14-12-19(13-15-20)24-23(27)21(16-17-8-4-2-5-9-17)25-22(26)18-10-6-3-7-11-18/h2-16H,1H3,(H,24,27)(H,25,26)/b21-16+. The predicted molar refractivity (Wildman–Crippen MR) is 110 cm³/mol. The molecule has 0 saturated heterocycles. The van der Waals surface area contributed by atoms with Gasteiger partial charge in [-0.1, -0.05) is 48.5 Å². The number of nitrogens with one attached hydrogen (secondary N) is 2. The molecule has 3 aromatic rings. The normalized spacial score (nSPS) is 10.8. The quantitative estimate of drug-likeness (QED) is 0.640. The van der Waals surface area contributed by atoms with E-state index in [0.29, 0.717) is 17.0 Å². The molecule has 0 atom stereocenters. The van der Waals surface area contributed by atoms with Crippen LogP contribution >= 0.6 is 0 Å². The molecule has 2 amide bonds. The fourth-order valence-electron chi connectivity index (χ4n) is 2.53. The van der Waals surface area contributed by atoms with Crippen molar-refractivity contribution in [2.75, 3.05) is 12.4 Å². The van der Waals surface area contributed by atoms with Gasteiger partial charge in [0.1, 0.15) is 11.4 Å². The Hall–Kier alpha value is -3.86. The number of hydrogen-bond acceptors (Lipinski definition) is 3. The third kappa shape index (κ3) is 5.08. The average molecular weight is 372 g/mol. The van der Waals surface area contributed by atoms with Gasteiger partial charge in [0, 0.05) is 11.3 Å². The zero-order valence-corrected chi connectivity index (χ0v) is 15.4. The van der Waals surface area contributed by atoms with E-state index < -0.39 is 5.91 Å². The smallest absolute Gasteiger partial charge is 0.272 e. The van der Waals surface area contributed by atoms with Gasteiger partial charge in [0.25, 0.3) is 11.8 Å². The highest BCUT2D eigenvalue weighted by atomic mass is 16.5. The highest BCUT2D eigenvalue weighted by Gasteiger charge is 2.15. The third-order valence-corrected chi connectivity index (χ3v) is 3.99. The molecule has 3 aromatic carbocycles. The molecule has 0 aromatic heterocycles. The summed E-state index contributed by atoms with van der Waals surface area (Å²) in [6, 6.07) is 25.0. The van der Waals surface area contributed by atoms with Crippen LogP contribution in [0.2, 0.25) is 0 Å². The molecule has 3 rings (SSSR count). The van der Waals surface area contributed by atoms with Crippen LogP contribution in [0, 0.1) is 0 Å². The first-order valence-electron chi connectivity index (χ1n) is 8.74. The van der Waals surface area contributed by atoms with Crippen molar-refractivity contribution in [1.82, 2.24) is 5.32 Å². The van der Waals surface area contributed by atoms with Crippen LogP contribution in [0.25, 0.3) is 6.08 Å². The van der Waals surface area contributed by atoms with Crippen LogP contribution in [-0.2, 0) is 4.79 Å². The molecular formula is C23H20N2O3. The van der Waals surface area contributed by atoms with E-state index in [2.05, 4.69) is 10.6 Å². The topological polar surface area (TPSA) is 67.4 Å². The molecule has 2 N–H and O–H groups in total. The van der Waals surface area contributed by atoms with Gasteiger partial charge in [-0.2, -0.15) is 0 Å². The molecule has 0 saturated carbocycles. The van der Waals surface area contributed by atoms with Crippen LogP contribution in [0.3, 0.4) is 0 Å². The van der Waals surface area contributed by atoms with Crippen molar-refractivity contribution < 1.29 is 14.3 Å². The Morgan fingerprint density at radius 1 is 0.821 bits per heavy atom. The molecule has 0 heterocycles. The first kappa shape index (κ1) is 18.9. The number of ether oxygens (including phenoxy) is 1. The summed E-state index contributed by atoms with van der Waals surface area (Å²) in [4.78, 5) is 25.4. The lowest BCUT2D eigenvalue weighted by Crippen LogP contribution is -2.30. The number of benzene rings is 3. The lowest BCUT2D eigenvalue weighted by Gasteiger charge is -2.12. The maximum atomic E-state index is 12.8. The molecule has 5 nitrogen and oxygen atoms in total. The summed E-state index contributed by atoms with van der Waals surface area (Å²) >= 11 is 0. The number of hydrogen-bond donors (Lipinski definition) is 2. The van der Waals surface area contributed by atoms with Crippen LogP contribution in [0.15, 0.2) is 90.6 Å². The van der Waals surface area contributed by atoms with E-state index in [4.69, 9.17) is 4.74 Å². The van der Waals surface area contributed by atoms with Gasteiger partial charge in [-0.3, -0.25) is 9.59 Å². The van der Waals surface area contributed by atoms with Gasteiger partial charge in [0.15, 0.2) is 0 Å². The molecule has 0 spiro atoms. The van der Waals surface area contributed by atoms with Crippen LogP contribution in [0.5, 0.6) is 5.75 Å². The van der Waals surface area contributed by atoms with E-state index in [1.54, 1.807) is 61.7 Å². The molecule has 0 unspecified atom stereocenters. The second kappa shape index (κ2) is 9.19. The largest absolute Gasteiger partial charge is 0.497 e. The number of carbonyl (C=O) groups excluding carboxylic acids is 2. The van der Waals surface area contributed by atoms with Gasteiger partial charge in [-0.25, -0.2) is 0 Å². The van der Waals surface area contributed by atoms with Gasteiger partial charge in [0.05, 0.1) is 7.11 Å². The number of amides is 2. The molecule has 0 fully saturated rings. The molecule has 0 bridgehead atoms. The average Bonchev–Trinajstić information content (AvgIpc) is 2.75. The minimum absolute atomic E-state index is 0.149. The predicted octanol–water partition coefficient (Wildman–Crippen LogP) is 4.10. The van der Waals surface area contributed by atoms with Crippen molar-refractivity contribution in [2.24, 2.45) is 0 Å². The first-order valence-corrected chi connectivity index (χ1v) is 8.74. The van der Waals surface area contributed by atoms with Crippen molar-refractivity contribution in [3.05, 3.63) is 102 Å². The van der Waals surface area contributed by atoms with Gasteiger partial charge in [-0.05, 0) is 48.0 Å². The summed E-state index contributed by atoms with van der Waals surface area (Å²) in [6.07, 6.45) is 1.64. The Labute approximate surface area is 163 Å². The summed E-state index contributed by atoms with van der Waals surface area (Å²) in [5, 5.41) is 5.50. The van der Waals surface area contributed by atoms with E-state index in [1.165, 1.54) is 0 Å². The number of rotatable bonds is 6. The van der Waals surface area contributed by atoms with Gasteiger partial charge in [0.2, 0.25) is 0 Å². The van der Waals surface area contributed by atoms with E-state index in [1.807, 2.05) is 36.4 Å². The van der Waals surface area contributed by atoms with Crippen LogP contribution in [0.4, 0.5) is 5.69 Å². The van der Waals surface area contributed by atoms with E-state index >= 15 is 0 Å². The summed E-state index contributed by atoms with van der Waals surface area (Å²) in [5.41, 5.74) is 2.02. The molecule has 0 aliphatic rings. The lowest BCUT2D eigenvalue weighted by molar-refractivity contribution is -0.113. The van der Waals surface area contributed by atoms with Crippen LogP contribution in [-0.4, -0.2) is 18.9 Å². The van der Waals surface area contributed by atoms with Gasteiger partial charge in [-0.15, -0.1) is 0 Å². The summed E-state index contributed by atoms with van der Waals surface area (Å²) in [6.45, 7) is 0. The fraction of sp³-hybridized carbons (Fsp3) is 0.0435. The Morgan fingerprint density at radius 3 is 2.04 bits per heavy atom. The Balaban J connectivity index is 1.83. The summed E-state index contributed by atoms with van der Waals surface area (Å²) in [5.74, 6) is -0.0820. The van der Waals surface area contributed by atoms with Crippen molar-refractivity contribution in [2.45, 2.75) is 0 Å². The second-order valence-electron chi connectivity index (χ2n) is 5.97. The van der Waals surface area contributed by atoms with Crippen molar-refractivity contribution in [3.63, 3.8) is 0 Å². The van der Waals surface area contributed by atoms with Gasteiger partial charge >= 0.3 is 0 Å². The van der Waals surface area contributed by atoms with Crippen molar-refractivity contribution in [3.8, 4) is 5.75 Å².